The van der Waals surface area contributed by atoms with Crippen molar-refractivity contribution in [1.29, 1.82) is 0 Å². The molecule has 18 heavy (non-hydrogen) atoms. The molecule has 0 spiro atoms. The zero-order chi connectivity index (χ0) is 13.1. The van der Waals surface area contributed by atoms with Gasteiger partial charge < -0.3 is 10.4 Å². The summed E-state index contributed by atoms with van der Waals surface area (Å²) in [6, 6.07) is 4.56. The summed E-state index contributed by atoms with van der Waals surface area (Å²) in [6.45, 7) is 0. The summed E-state index contributed by atoms with van der Waals surface area (Å²) in [5.41, 5.74) is 0.567. The van der Waals surface area contributed by atoms with Crippen LogP contribution in [0.15, 0.2) is 30.6 Å². The molecule has 5 nitrogen and oxygen atoms in total. The number of carboxylic acids is 1. The summed E-state index contributed by atoms with van der Waals surface area (Å²) in [7, 11) is 0. The quantitative estimate of drug-likeness (QED) is 0.905. The summed E-state index contributed by atoms with van der Waals surface area (Å²) in [5, 5.41) is 12.3. The second kappa shape index (κ2) is 5.20. The summed E-state index contributed by atoms with van der Waals surface area (Å²) in [5.74, 6) is -0.635. The van der Waals surface area contributed by atoms with E-state index in [1.165, 1.54) is 24.5 Å². The van der Waals surface area contributed by atoms with Crippen LogP contribution in [0.5, 0.6) is 0 Å². The van der Waals surface area contributed by atoms with Gasteiger partial charge in [-0.3, -0.25) is 0 Å². The predicted octanol–water partition coefficient (Wildman–Crippen LogP) is 3.23. The van der Waals surface area contributed by atoms with Gasteiger partial charge >= 0.3 is 5.97 Å². The highest BCUT2D eigenvalue weighted by molar-refractivity contribution is 6.33. The molecule has 2 rings (SSSR count). The maximum Gasteiger partial charge on any atom is 0.337 e. The highest BCUT2D eigenvalue weighted by Crippen LogP contribution is 2.22. The van der Waals surface area contributed by atoms with Crippen molar-refractivity contribution < 1.29 is 9.90 Å². The van der Waals surface area contributed by atoms with Gasteiger partial charge in [0.25, 0.3) is 0 Å². The van der Waals surface area contributed by atoms with Crippen LogP contribution in [0.25, 0.3) is 0 Å². The smallest absolute Gasteiger partial charge is 0.337 e. The van der Waals surface area contributed by atoms with Crippen molar-refractivity contribution >= 4 is 40.7 Å². The molecule has 0 atom stereocenters. The molecule has 0 saturated carbocycles. The zero-order valence-corrected chi connectivity index (χ0v) is 10.4. The van der Waals surface area contributed by atoms with Crippen LogP contribution in [0.2, 0.25) is 10.2 Å². The van der Waals surface area contributed by atoms with Crippen LogP contribution in [-0.2, 0) is 0 Å². The molecule has 0 unspecified atom stereocenters. The van der Waals surface area contributed by atoms with Crippen LogP contribution >= 0.6 is 23.2 Å². The van der Waals surface area contributed by atoms with E-state index in [2.05, 4.69) is 15.3 Å². The van der Waals surface area contributed by atoms with Crippen LogP contribution in [0, 0.1) is 0 Å². The zero-order valence-electron chi connectivity index (χ0n) is 8.89. The Kier molecular flexibility index (Phi) is 3.64. The Labute approximate surface area is 112 Å². The number of aromatic nitrogens is 2. The van der Waals surface area contributed by atoms with Gasteiger partial charge in [0.05, 0.1) is 23.0 Å². The van der Waals surface area contributed by atoms with E-state index >= 15 is 0 Å². The molecular weight excluding hydrogens is 277 g/mol. The van der Waals surface area contributed by atoms with E-state index < -0.39 is 5.97 Å². The van der Waals surface area contributed by atoms with Crippen LogP contribution < -0.4 is 5.32 Å². The van der Waals surface area contributed by atoms with Crippen LogP contribution in [0.1, 0.15) is 10.4 Å². The SMILES string of the molecule is O=C(O)c1cc(Nc2cnc(Cl)cn2)ccc1Cl. The molecule has 1 heterocycles. The lowest BCUT2D eigenvalue weighted by Gasteiger charge is -2.06. The second-order valence-corrected chi connectivity index (χ2v) is 4.14. The van der Waals surface area contributed by atoms with Gasteiger partial charge in [0.2, 0.25) is 0 Å². The molecule has 0 bridgehead atoms. The number of hydrogen-bond donors (Lipinski definition) is 2. The largest absolute Gasteiger partial charge is 0.478 e. The first-order valence-electron chi connectivity index (χ1n) is 4.83. The minimum atomic E-state index is -1.09. The minimum Gasteiger partial charge on any atom is -0.478 e. The van der Waals surface area contributed by atoms with Gasteiger partial charge in [-0.1, -0.05) is 23.2 Å². The first-order valence-corrected chi connectivity index (χ1v) is 5.59. The van der Waals surface area contributed by atoms with E-state index in [9.17, 15) is 4.79 Å². The van der Waals surface area contributed by atoms with Gasteiger partial charge in [0.1, 0.15) is 11.0 Å². The van der Waals surface area contributed by atoms with Crippen LogP contribution in [0.3, 0.4) is 0 Å². The van der Waals surface area contributed by atoms with E-state index in [-0.39, 0.29) is 15.7 Å². The fourth-order valence-corrected chi connectivity index (χ4v) is 1.59. The third kappa shape index (κ3) is 2.88. The van der Waals surface area contributed by atoms with Crippen molar-refractivity contribution in [3.63, 3.8) is 0 Å². The lowest BCUT2D eigenvalue weighted by atomic mass is 10.2. The molecule has 1 aromatic carbocycles. The molecule has 0 aliphatic carbocycles. The Bertz CT molecular complexity index is 587. The molecule has 2 aromatic rings. The topological polar surface area (TPSA) is 75.1 Å². The Morgan fingerprint density at radius 2 is 2.00 bits per heavy atom. The second-order valence-electron chi connectivity index (χ2n) is 3.35. The molecule has 0 saturated heterocycles. The Morgan fingerprint density at radius 1 is 1.22 bits per heavy atom. The van der Waals surface area contributed by atoms with E-state index in [0.717, 1.165) is 0 Å². The van der Waals surface area contributed by atoms with E-state index in [4.69, 9.17) is 28.3 Å². The monoisotopic (exact) mass is 283 g/mol. The standard InChI is InChI=1S/C11H7Cl2N3O2/c12-8-2-1-6(3-7(8)11(17)18)16-10-5-14-9(13)4-15-10/h1-5H,(H,15,16)(H,17,18). The lowest BCUT2D eigenvalue weighted by molar-refractivity contribution is 0.0697. The summed E-state index contributed by atoms with van der Waals surface area (Å²) >= 11 is 11.4. The molecule has 2 N–H and O–H groups in total. The third-order valence-electron chi connectivity index (χ3n) is 2.09. The average molecular weight is 284 g/mol. The number of benzene rings is 1. The van der Waals surface area contributed by atoms with Gasteiger partial charge in [-0.15, -0.1) is 0 Å². The maximum absolute atomic E-state index is 10.9. The Balaban J connectivity index is 2.27. The molecule has 92 valence electrons. The molecule has 0 aliphatic rings. The number of carbonyl (C=O) groups is 1. The summed E-state index contributed by atoms with van der Waals surface area (Å²) in [4.78, 5) is 18.7. The maximum atomic E-state index is 10.9. The number of rotatable bonds is 3. The summed E-state index contributed by atoms with van der Waals surface area (Å²) in [6.07, 6.45) is 2.83. The molecule has 0 fully saturated rings. The molecule has 0 amide bonds. The molecule has 0 radical (unpaired) electrons. The van der Waals surface area contributed by atoms with Crippen molar-refractivity contribution in [2.45, 2.75) is 0 Å². The van der Waals surface area contributed by atoms with E-state index in [0.29, 0.717) is 11.5 Å². The first-order chi connectivity index (χ1) is 8.56. The van der Waals surface area contributed by atoms with Crippen LogP contribution in [-0.4, -0.2) is 21.0 Å². The predicted molar refractivity (Wildman–Crippen MR) is 68.7 cm³/mol. The van der Waals surface area contributed by atoms with E-state index in [1.54, 1.807) is 6.07 Å². The third-order valence-corrected chi connectivity index (χ3v) is 2.61. The first kappa shape index (κ1) is 12.6. The molecule has 7 heteroatoms. The molecule has 1 aromatic heterocycles. The van der Waals surface area contributed by atoms with E-state index in [1.807, 2.05) is 0 Å². The average Bonchev–Trinajstić information content (AvgIpc) is 2.34. The number of nitrogens with one attached hydrogen (secondary N) is 1. The number of anilines is 2. The Hall–Kier alpha value is -1.85. The number of nitrogens with zero attached hydrogens (tertiary/aromatic N) is 2. The highest BCUT2D eigenvalue weighted by Gasteiger charge is 2.09. The van der Waals surface area contributed by atoms with Crippen molar-refractivity contribution in [2.24, 2.45) is 0 Å². The number of halogens is 2. The Morgan fingerprint density at radius 3 is 2.61 bits per heavy atom. The van der Waals surface area contributed by atoms with Gasteiger partial charge in [-0.2, -0.15) is 0 Å². The number of aromatic carboxylic acids is 1. The van der Waals surface area contributed by atoms with Gasteiger partial charge in [0, 0.05) is 5.69 Å². The molecular formula is C11H7Cl2N3O2. The van der Waals surface area contributed by atoms with Crippen molar-refractivity contribution in [3.05, 3.63) is 46.3 Å². The fourth-order valence-electron chi connectivity index (χ4n) is 1.29. The van der Waals surface area contributed by atoms with Crippen molar-refractivity contribution in [1.82, 2.24) is 9.97 Å². The van der Waals surface area contributed by atoms with Crippen molar-refractivity contribution in [2.75, 3.05) is 5.32 Å². The summed E-state index contributed by atoms with van der Waals surface area (Å²) < 4.78 is 0. The highest BCUT2D eigenvalue weighted by atomic mass is 35.5. The fraction of sp³-hybridized carbons (Fsp3) is 0. The normalized spacial score (nSPS) is 10.1. The van der Waals surface area contributed by atoms with Crippen molar-refractivity contribution in [3.8, 4) is 0 Å². The molecule has 0 aliphatic heterocycles. The number of carboxylic acid groups (broad SMARTS) is 1. The van der Waals surface area contributed by atoms with Crippen LogP contribution in [0.4, 0.5) is 11.5 Å². The minimum absolute atomic E-state index is 0.0172. The van der Waals surface area contributed by atoms with Gasteiger partial charge in [-0.25, -0.2) is 14.8 Å². The van der Waals surface area contributed by atoms with Gasteiger partial charge in [-0.05, 0) is 18.2 Å². The number of hydrogen-bond acceptors (Lipinski definition) is 4. The van der Waals surface area contributed by atoms with Gasteiger partial charge in [0.15, 0.2) is 0 Å². The lowest BCUT2D eigenvalue weighted by Crippen LogP contribution is -2.00.